The van der Waals surface area contributed by atoms with Crippen LogP contribution in [0.25, 0.3) is 0 Å². The van der Waals surface area contributed by atoms with E-state index in [2.05, 4.69) is 26.2 Å². The van der Waals surface area contributed by atoms with E-state index in [-0.39, 0.29) is 12.1 Å². The molecule has 1 aliphatic heterocycles. The summed E-state index contributed by atoms with van der Waals surface area (Å²) in [5.74, 6) is 0.686. The molecule has 1 unspecified atom stereocenters. The Bertz CT molecular complexity index is 924. The quantitative estimate of drug-likeness (QED) is 0.703. The number of nitrogens with zero attached hydrogens (tertiary/aromatic N) is 2. The van der Waals surface area contributed by atoms with Crippen LogP contribution in [0.1, 0.15) is 33.5 Å². The maximum atomic E-state index is 12.8. The molecule has 0 bridgehead atoms. The highest BCUT2D eigenvalue weighted by Crippen LogP contribution is 2.34. The Labute approximate surface area is 153 Å². The van der Waals surface area contributed by atoms with Crippen molar-refractivity contribution in [2.24, 2.45) is 0 Å². The van der Waals surface area contributed by atoms with Gasteiger partial charge in [-0.15, -0.1) is 0 Å². The van der Waals surface area contributed by atoms with Crippen LogP contribution in [0.3, 0.4) is 0 Å². The second-order valence-electron chi connectivity index (χ2n) is 5.96. The number of furan rings is 1. The number of carbonyl (C=O) groups is 1. The molecule has 1 aliphatic rings. The molecule has 0 radical (unpaired) electrons. The smallest absolute Gasteiger partial charge is 0.258 e. The van der Waals surface area contributed by atoms with Gasteiger partial charge in [0.15, 0.2) is 0 Å². The number of hydrogen-bond acceptors (Lipinski definition) is 4. The SMILES string of the molecule is Cc1cc(NC2c3ncccc3C(=O)N2Cc2ccco2)ccc1Br. The largest absolute Gasteiger partial charge is 0.467 e. The zero-order chi connectivity index (χ0) is 17.4. The molecule has 25 heavy (non-hydrogen) atoms. The highest BCUT2D eigenvalue weighted by molar-refractivity contribution is 9.10. The van der Waals surface area contributed by atoms with Crippen molar-refractivity contribution in [1.82, 2.24) is 9.88 Å². The van der Waals surface area contributed by atoms with Gasteiger partial charge in [-0.1, -0.05) is 15.9 Å². The van der Waals surface area contributed by atoms with Crippen LogP contribution in [-0.4, -0.2) is 15.8 Å². The Morgan fingerprint density at radius 1 is 1.28 bits per heavy atom. The molecule has 0 fully saturated rings. The van der Waals surface area contributed by atoms with E-state index in [4.69, 9.17) is 4.42 Å². The summed E-state index contributed by atoms with van der Waals surface area (Å²) in [6.45, 7) is 2.41. The number of benzene rings is 1. The molecular formula is C19H16BrN3O2. The summed E-state index contributed by atoms with van der Waals surface area (Å²) in [6, 6.07) is 13.3. The number of hydrogen-bond donors (Lipinski definition) is 1. The van der Waals surface area contributed by atoms with Gasteiger partial charge < -0.3 is 14.6 Å². The summed E-state index contributed by atoms with van der Waals surface area (Å²) in [5.41, 5.74) is 3.41. The Balaban J connectivity index is 1.70. The number of pyridine rings is 1. The molecule has 4 rings (SSSR count). The molecule has 1 N–H and O–H groups in total. The van der Waals surface area contributed by atoms with Crippen molar-refractivity contribution in [2.45, 2.75) is 19.6 Å². The summed E-state index contributed by atoms with van der Waals surface area (Å²) in [4.78, 5) is 19.0. The van der Waals surface area contributed by atoms with E-state index in [0.29, 0.717) is 12.1 Å². The Kier molecular flexibility index (Phi) is 4.05. The third-order valence-electron chi connectivity index (χ3n) is 4.27. The lowest BCUT2D eigenvalue weighted by molar-refractivity contribution is 0.0714. The van der Waals surface area contributed by atoms with Crippen LogP contribution in [0.5, 0.6) is 0 Å². The number of aromatic nitrogens is 1. The summed E-state index contributed by atoms with van der Waals surface area (Å²) < 4.78 is 6.48. The van der Waals surface area contributed by atoms with Crippen LogP contribution < -0.4 is 5.32 Å². The average molecular weight is 398 g/mol. The minimum atomic E-state index is -0.339. The number of amides is 1. The van der Waals surface area contributed by atoms with Gasteiger partial charge in [-0.3, -0.25) is 9.78 Å². The number of carbonyl (C=O) groups excluding carboxylic acids is 1. The van der Waals surface area contributed by atoms with E-state index < -0.39 is 0 Å². The normalized spacial score (nSPS) is 16.2. The molecule has 3 aromatic rings. The van der Waals surface area contributed by atoms with E-state index in [9.17, 15) is 4.79 Å². The summed E-state index contributed by atoms with van der Waals surface area (Å²) in [7, 11) is 0. The van der Waals surface area contributed by atoms with Crippen LogP contribution in [0.15, 0.2) is 63.8 Å². The molecule has 6 heteroatoms. The number of anilines is 1. The third kappa shape index (κ3) is 2.93. The molecule has 2 aromatic heterocycles. The van der Waals surface area contributed by atoms with E-state index in [0.717, 1.165) is 27.2 Å². The number of fused-ring (bicyclic) bond motifs is 1. The van der Waals surface area contributed by atoms with E-state index in [1.54, 1.807) is 23.4 Å². The molecular weight excluding hydrogens is 382 g/mol. The fraction of sp³-hybridized carbons (Fsp3) is 0.158. The van der Waals surface area contributed by atoms with Crippen molar-refractivity contribution in [3.8, 4) is 0 Å². The molecule has 1 aromatic carbocycles. The molecule has 5 nitrogen and oxygen atoms in total. The Morgan fingerprint density at radius 2 is 2.16 bits per heavy atom. The molecule has 0 saturated carbocycles. The lowest BCUT2D eigenvalue weighted by atomic mass is 10.2. The van der Waals surface area contributed by atoms with E-state index in [1.807, 2.05) is 43.3 Å². The molecule has 0 saturated heterocycles. The lowest BCUT2D eigenvalue weighted by Crippen LogP contribution is -2.32. The van der Waals surface area contributed by atoms with Gasteiger partial charge in [-0.2, -0.15) is 0 Å². The highest BCUT2D eigenvalue weighted by atomic mass is 79.9. The predicted molar refractivity (Wildman–Crippen MR) is 98.1 cm³/mol. The first kappa shape index (κ1) is 15.9. The summed E-state index contributed by atoms with van der Waals surface area (Å²) in [5, 5.41) is 3.44. The number of nitrogens with one attached hydrogen (secondary N) is 1. The molecule has 1 atom stereocenters. The highest BCUT2D eigenvalue weighted by Gasteiger charge is 2.38. The first-order chi connectivity index (χ1) is 12.1. The standard InChI is InChI=1S/C19H16BrN3O2/c1-12-10-13(6-7-16(12)20)22-18-17-15(5-2-8-21-17)19(24)23(18)11-14-4-3-9-25-14/h2-10,18,22H,11H2,1H3. The minimum Gasteiger partial charge on any atom is -0.467 e. The number of halogens is 1. The summed E-state index contributed by atoms with van der Waals surface area (Å²) >= 11 is 3.51. The van der Waals surface area contributed by atoms with Crippen LogP contribution in [-0.2, 0) is 6.54 Å². The van der Waals surface area contributed by atoms with Crippen molar-refractivity contribution < 1.29 is 9.21 Å². The van der Waals surface area contributed by atoms with Gasteiger partial charge in [0, 0.05) is 16.4 Å². The first-order valence-corrected chi connectivity index (χ1v) is 8.74. The Morgan fingerprint density at radius 3 is 2.92 bits per heavy atom. The average Bonchev–Trinajstić information content (AvgIpc) is 3.21. The van der Waals surface area contributed by atoms with Crippen molar-refractivity contribution in [3.05, 3.63) is 82.0 Å². The second kappa shape index (κ2) is 6.37. The van der Waals surface area contributed by atoms with Crippen LogP contribution in [0, 0.1) is 6.92 Å². The van der Waals surface area contributed by atoms with Gasteiger partial charge in [0.25, 0.3) is 5.91 Å². The minimum absolute atomic E-state index is 0.0502. The summed E-state index contributed by atoms with van der Waals surface area (Å²) in [6.07, 6.45) is 2.99. The first-order valence-electron chi connectivity index (χ1n) is 7.94. The van der Waals surface area contributed by atoms with Gasteiger partial charge in [0.2, 0.25) is 0 Å². The zero-order valence-electron chi connectivity index (χ0n) is 13.6. The van der Waals surface area contributed by atoms with Gasteiger partial charge in [0.05, 0.1) is 24.1 Å². The van der Waals surface area contributed by atoms with Crippen molar-refractivity contribution in [1.29, 1.82) is 0 Å². The maximum absolute atomic E-state index is 12.8. The maximum Gasteiger partial charge on any atom is 0.258 e. The predicted octanol–water partition coefficient (Wildman–Crippen LogP) is 4.51. The molecule has 1 amide bonds. The molecule has 0 spiro atoms. The topological polar surface area (TPSA) is 58.4 Å². The fourth-order valence-electron chi connectivity index (χ4n) is 3.01. The van der Waals surface area contributed by atoms with Crippen molar-refractivity contribution in [2.75, 3.05) is 5.32 Å². The van der Waals surface area contributed by atoms with Crippen LogP contribution >= 0.6 is 15.9 Å². The van der Waals surface area contributed by atoms with Crippen molar-refractivity contribution >= 4 is 27.5 Å². The van der Waals surface area contributed by atoms with Gasteiger partial charge in [-0.05, 0) is 55.0 Å². The van der Waals surface area contributed by atoms with E-state index >= 15 is 0 Å². The monoisotopic (exact) mass is 397 g/mol. The molecule has 0 aliphatic carbocycles. The van der Waals surface area contributed by atoms with Crippen LogP contribution in [0.4, 0.5) is 5.69 Å². The number of rotatable bonds is 4. The molecule has 126 valence electrons. The fourth-order valence-corrected chi connectivity index (χ4v) is 3.25. The molecule has 3 heterocycles. The van der Waals surface area contributed by atoms with Crippen molar-refractivity contribution in [3.63, 3.8) is 0 Å². The van der Waals surface area contributed by atoms with Crippen LogP contribution in [0.2, 0.25) is 0 Å². The zero-order valence-corrected chi connectivity index (χ0v) is 15.2. The second-order valence-corrected chi connectivity index (χ2v) is 6.81. The number of aryl methyl sites for hydroxylation is 1. The lowest BCUT2D eigenvalue weighted by Gasteiger charge is -2.26. The van der Waals surface area contributed by atoms with Gasteiger partial charge in [-0.25, -0.2) is 0 Å². The van der Waals surface area contributed by atoms with E-state index in [1.165, 1.54) is 0 Å². The Hall–Kier alpha value is -2.60. The van der Waals surface area contributed by atoms with Gasteiger partial charge in [0.1, 0.15) is 11.9 Å². The van der Waals surface area contributed by atoms with Gasteiger partial charge >= 0.3 is 0 Å². The third-order valence-corrected chi connectivity index (χ3v) is 5.16.